The molecular formula is C25H36IN5O2. The molecule has 33 heavy (non-hydrogen) atoms. The SMILES string of the molecule is CCN(CC)Cc1cccc(CNC(=NC)NCCN2C(=O)C3C4C=CC(C4)C3C2=O)c1.I. The largest absolute Gasteiger partial charge is 0.355 e. The molecule has 1 aromatic carbocycles. The van der Waals surface area contributed by atoms with Crippen LogP contribution in [0.1, 0.15) is 31.4 Å². The number of benzene rings is 1. The predicted octanol–water partition coefficient (Wildman–Crippen LogP) is 2.62. The molecule has 2 N–H and O–H groups in total. The van der Waals surface area contributed by atoms with Gasteiger partial charge >= 0.3 is 0 Å². The van der Waals surface area contributed by atoms with Gasteiger partial charge in [0, 0.05) is 33.2 Å². The number of nitrogens with one attached hydrogen (secondary N) is 2. The fourth-order valence-corrected chi connectivity index (χ4v) is 5.42. The lowest BCUT2D eigenvalue weighted by Gasteiger charge is -2.19. The number of carbonyl (C=O) groups is 2. The van der Waals surface area contributed by atoms with Gasteiger partial charge in [-0.05, 0) is 42.5 Å². The molecule has 2 fully saturated rings. The third kappa shape index (κ3) is 5.42. The van der Waals surface area contributed by atoms with Crippen LogP contribution in [0, 0.1) is 23.7 Å². The van der Waals surface area contributed by atoms with Gasteiger partial charge in [-0.2, -0.15) is 0 Å². The van der Waals surface area contributed by atoms with Crippen LogP contribution in [0.5, 0.6) is 0 Å². The number of aliphatic imine (C=N–C) groups is 1. The maximum atomic E-state index is 12.8. The Morgan fingerprint density at radius 2 is 1.70 bits per heavy atom. The second-order valence-corrected chi connectivity index (χ2v) is 8.96. The van der Waals surface area contributed by atoms with Crippen molar-refractivity contribution in [1.82, 2.24) is 20.4 Å². The summed E-state index contributed by atoms with van der Waals surface area (Å²) in [5.74, 6) is 0.938. The number of carbonyl (C=O) groups excluding carboxylic acids is 2. The van der Waals surface area contributed by atoms with E-state index >= 15 is 0 Å². The Labute approximate surface area is 214 Å². The lowest BCUT2D eigenvalue weighted by Crippen LogP contribution is -2.43. The average Bonchev–Trinajstić information content (AvgIpc) is 3.49. The average molecular weight is 566 g/mol. The minimum Gasteiger partial charge on any atom is -0.355 e. The van der Waals surface area contributed by atoms with E-state index in [0.29, 0.717) is 25.6 Å². The molecule has 180 valence electrons. The molecule has 8 heteroatoms. The summed E-state index contributed by atoms with van der Waals surface area (Å²) in [7, 11) is 1.73. The Bertz CT molecular complexity index is 884. The summed E-state index contributed by atoms with van der Waals surface area (Å²) in [5.41, 5.74) is 2.49. The van der Waals surface area contributed by atoms with Crippen molar-refractivity contribution in [3.05, 3.63) is 47.5 Å². The molecule has 0 spiro atoms. The second-order valence-electron chi connectivity index (χ2n) is 8.96. The molecule has 3 aliphatic rings. The zero-order valence-electron chi connectivity index (χ0n) is 19.8. The first-order chi connectivity index (χ1) is 15.5. The number of halogens is 1. The highest BCUT2D eigenvalue weighted by molar-refractivity contribution is 14.0. The highest BCUT2D eigenvalue weighted by atomic mass is 127. The summed E-state index contributed by atoms with van der Waals surface area (Å²) >= 11 is 0. The number of likely N-dealkylation sites (tertiary alicyclic amines) is 1. The van der Waals surface area contributed by atoms with Gasteiger partial charge in [-0.3, -0.25) is 24.4 Å². The van der Waals surface area contributed by atoms with E-state index in [4.69, 9.17) is 0 Å². The number of amides is 2. The molecule has 4 rings (SSSR count). The zero-order valence-corrected chi connectivity index (χ0v) is 22.1. The Kier molecular flexibility index (Phi) is 8.92. The van der Waals surface area contributed by atoms with Gasteiger partial charge in [-0.1, -0.05) is 50.3 Å². The number of imide groups is 1. The summed E-state index contributed by atoms with van der Waals surface area (Å²) in [6.45, 7) is 8.92. The van der Waals surface area contributed by atoms with Gasteiger partial charge in [0.15, 0.2) is 5.96 Å². The molecule has 0 aromatic heterocycles. The Balaban J connectivity index is 0.00000306. The van der Waals surface area contributed by atoms with Crippen LogP contribution in [0.25, 0.3) is 0 Å². The molecule has 1 saturated carbocycles. The van der Waals surface area contributed by atoms with Crippen molar-refractivity contribution < 1.29 is 9.59 Å². The monoisotopic (exact) mass is 565 g/mol. The van der Waals surface area contributed by atoms with Gasteiger partial charge < -0.3 is 10.6 Å². The minimum absolute atomic E-state index is 0. The van der Waals surface area contributed by atoms with E-state index in [9.17, 15) is 9.59 Å². The van der Waals surface area contributed by atoms with Crippen LogP contribution < -0.4 is 10.6 Å². The molecule has 4 atom stereocenters. The number of rotatable bonds is 9. The van der Waals surface area contributed by atoms with Crippen LogP contribution in [0.3, 0.4) is 0 Å². The first-order valence-corrected chi connectivity index (χ1v) is 11.8. The van der Waals surface area contributed by atoms with Crippen molar-refractivity contribution in [1.29, 1.82) is 0 Å². The number of nitrogens with zero attached hydrogens (tertiary/aromatic N) is 3. The van der Waals surface area contributed by atoms with Gasteiger partial charge in [0.25, 0.3) is 0 Å². The van der Waals surface area contributed by atoms with Gasteiger partial charge in [0.2, 0.25) is 11.8 Å². The summed E-state index contributed by atoms with van der Waals surface area (Å²) in [4.78, 5) is 33.7. The third-order valence-corrected chi connectivity index (χ3v) is 7.17. The molecule has 1 aromatic rings. The highest BCUT2D eigenvalue weighted by Crippen LogP contribution is 2.52. The van der Waals surface area contributed by atoms with E-state index in [1.807, 2.05) is 0 Å². The van der Waals surface area contributed by atoms with E-state index in [1.54, 1.807) is 7.05 Å². The van der Waals surface area contributed by atoms with E-state index < -0.39 is 0 Å². The lowest BCUT2D eigenvalue weighted by atomic mass is 9.85. The van der Waals surface area contributed by atoms with E-state index in [0.717, 1.165) is 26.1 Å². The number of hydrogen-bond donors (Lipinski definition) is 2. The highest BCUT2D eigenvalue weighted by Gasteiger charge is 2.58. The van der Waals surface area contributed by atoms with Crippen molar-refractivity contribution >= 4 is 41.8 Å². The van der Waals surface area contributed by atoms with Gasteiger partial charge in [-0.15, -0.1) is 24.0 Å². The Morgan fingerprint density at radius 3 is 2.30 bits per heavy atom. The molecule has 1 heterocycles. The molecule has 2 aliphatic carbocycles. The van der Waals surface area contributed by atoms with Crippen LogP contribution in [0.15, 0.2) is 41.4 Å². The first kappa shape index (κ1) is 25.7. The number of guanidine groups is 1. The fourth-order valence-electron chi connectivity index (χ4n) is 5.42. The number of allylic oxidation sites excluding steroid dienone is 2. The topological polar surface area (TPSA) is 77.0 Å². The summed E-state index contributed by atoms with van der Waals surface area (Å²) in [5, 5.41) is 6.58. The van der Waals surface area contributed by atoms with E-state index in [1.165, 1.54) is 16.0 Å². The van der Waals surface area contributed by atoms with E-state index in [2.05, 4.69) is 70.8 Å². The van der Waals surface area contributed by atoms with Gasteiger partial charge in [0.05, 0.1) is 11.8 Å². The molecule has 1 aliphatic heterocycles. The van der Waals surface area contributed by atoms with Crippen molar-refractivity contribution in [3.8, 4) is 0 Å². The van der Waals surface area contributed by atoms with E-state index in [-0.39, 0.29) is 59.5 Å². The number of hydrogen-bond acceptors (Lipinski definition) is 4. The maximum Gasteiger partial charge on any atom is 0.233 e. The zero-order chi connectivity index (χ0) is 22.7. The van der Waals surface area contributed by atoms with Crippen molar-refractivity contribution in [3.63, 3.8) is 0 Å². The first-order valence-electron chi connectivity index (χ1n) is 11.8. The Morgan fingerprint density at radius 1 is 1.06 bits per heavy atom. The van der Waals surface area contributed by atoms with Gasteiger partial charge in [-0.25, -0.2) is 0 Å². The van der Waals surface area contributed by atoms with Crippen LogP contribution in [0.2, 0.25) is 0 Å². The molecule has 7 nitrogen and oxygen atoms in total. The fraction of sp³-hybridized carbons (Fsp3) is 0.560. The molecule has 2 amide bonds. The lowest BCUT2D eigenvalue weighted by molar-refractivity contribution is -0.140. The van der Waals surface area contributed by atoms with Crippen LogP contribution in [0.4, 0.5) is 0 Å². The summed E-state index contributed by atoms with van der Waals surface area (Å²) in [6, 6.07) is 8.58. The number of fused-ring (bicyclic) bond motifs is 5. The summed E-state index contributed by atoms with van der Waals surface area (Å²) in [6.07, 6.45) is 5.22. The smallest absolute Gasteiger partial charge is 0.233 e. The second kappa shape index (κ2) is 11.5. The standard InChI is InChI=1S/C25H35N5O2.HI/c1-4-29(5-2)16-18-8-6-7-17(13-18)15-28-25(26-3)27-11-12-30-23(31)21-19-9-10-20(14-19)22(21)24(30)32;/h6-10,13,19-22H,4-5,11-12,14-16H2,1-3H3,(H2,26,27,28);1H. The molecule has 0 radical (unpaired) electrons. The Hall–Kier alpha value is -1.94. The molecular weight excluding hydrogens is 529 g/mol. The summed E-state index contributed by atoms with van der Waals surface area (Å²) < 4.78 is 0. The van der Waals surface area contributed by atoms with Crippen molar-refractivity contribution in [2.24, 2.45) is 28.7 Å². The van der Waals surface area contributed by atoms with Crippen molar-refractivity contribution in [2.75, 3.05) is 33.2 Å². The maximum absolute atomic E-state index is 12.8. The van der Waals surface area contributed by atoms with Crippen LogP contribution in [-0.2, 0) is 22.7 Å². The molecule has 4 unspecified atom stereocenters. The minimum atomic E-state index is -0.126. The molecule has 2 bridgehead atoms. The molecule has 1 saturated heterocycles. The van der Waals surface area contributed by atoms with Crippen LogP contribution in [-0.4, -0.2) is 60.8 Å². The third-order valence-electron chi connectivity index (χ3n) is 7.17. The normalized spacial score (nSPS) is 25.6. The van der Waals surface area contributed by atoms with Crippen molar-refractivity contribution in [2.45, 2.75) is 33.4 Å². The predicted molar refractivity (Wildman–Crippen MR) is 141 cm³/mol. The van der Waals surface area contributed by atoms with Crippen LogP contribution >= 0.6 is 24.0 Å². The van der Waals surface area contributed by atoms with Gasteiger partial charge in [0.1, 0.15) is 0 Å². The quantitative estimate of drug-likeness (QED) is 0.158.